The Balaban J connectivity index is 2.30. The number of unbranched alkanes of at least 4 members (excludes halogenated alkanes) is 1. The van der Waals surface area contributed by atoms with Gasteiger partial charge in [-0.2, -0.15) is 0 Å². The number of amides is 2. The van der Waals surface area contributed by atoms with Crippen LogP contribution in [0.25, 0.3) is 0 Å². The lowest BCUT2D eigenvalue weighted by Crippen LogP contribution is -2.45. The summed E-state index contributed by atoms with van der Waals surface area (Å²) < 4.78 is 10.6. The van der Waals surface area contributed by atoms with Crippen molar-refractivity contribution in [2.24, 2.45) is 11.7 Å². The molecule has 9 nitrogen and oxygen atoms in total. The van der Waals surface area contributed by atoms with E-state index in [1.807, 2.05) is 36.4 Å². The van der Waals surface area contributed by atoms with Gasteiger partial charge in [-0.05, 0) is 49.9 Å². The zero-order chi connectivity index (χ0) is 24.8. The Morgan fingerprint density at radius 3 is 2.65 bits per heavy atom. The van der Waals surface area contributed by atoms with Gasteiger partial charge < -0.3 is 25.8 Å². The second-order valence-corrected chi connectivity index (χ2v) is 8.41. The molecule has 4 N–H and O–H groups in total. The lowest BCUT2D eigenvalue weighted by molar-refractivity contribution is -0.134. The van der Waals surface area contributed by atoms with Gasteiger partial charge in [-0.1, -0.05) is 30.7 Å². The quantitative estimate of drug-likeness (QED) is 0.295. The molecule has 0 aliphatic carbocycles. The number of ether oxygens (including phenoxy) is 2. The first kappa shape index (κ1) is 27.0. The average Bonchev–Trinajstić information content (AvgIpc) is 2.81. The highest BCUT2D eigenvalue weighted by Gasteiger charge is 2.28. The maximum absolute atomic E-state index is 13.2. The van der Waals surface area contributed by atoms with Crippen molar-refractivity contribution in [1.82, 2.24) is 10.6 Å². The van der Waals surface area contributed by atoms with E-state index >= 15 is 0 Å². The van der Waals surface area contributed by atoms with Crippen LogP contribution in [-0.4, -0.2) is 55.9 Å². The smallest absolute Gasteiger partial charge is 0.293 e. The van der Waals surface area contributed by atoms with Crippen molar-refractivity contribution < 1.29 is 28.7 Å². The van der Waals surface area contributed by atoms with E-state index in [0.29, 0.717) is 51.1 Å². The van der Waals surface area contributed by atoms with Gasteiger partial charge in [0, 0.05) is 19.3 Å². The van der Waals surface area contributed by atoms with Crippen molar-refractivity contribution in [3.8, 4) is 5.75 Å². The average molecular weight is 474 g/mol. The summed E-state index contributed by atoms with van der Waals surface area (Å²) in [5.74, 6) is -0.725. The molecule has 0 saturated heterocycles. The highest BCUT2D eigenvalue weighted by atomic mass is 16.5. The van der Waals surface area contributed by atoms with Gasteiger partial charge in [-0.25, -0.2) is 0 Å². The number of nitrogens with one attached hydrogen (secondary N) is 2. The highest BCUT2D eigenvalue weighted by Crippen LogP contribution is 2.19. The number of benzene rings is 1. The minimum atomic E-state index is -0.749. The third-order valence-corrected chi connectivity index (χ3v) is 5.60. The standard InChI is InChI=1S/C25H35N3O6/c1-18(30)27-23-14-19-8-10-22(11-9-19)34-13-5-3-7-21(16-33-17-29)28-25(32)20(15-24(23)31)6-2-4-12-26/h3,5,8-11,17,20-21,23H,2,4,6-7,12-16,26H2,1H3,(H,27,30)(H,28,32)/t20-,21-,23-/m0/s1. The van der Waals surface area contributed by atoms with Gasteiger partial charge in [0.1, 0.15) is 19.0 Å². The normalized spacial score (nSPS) is 21.8. The SMILES string of the molecule is CC(=O)N[C@H]1Cc2ccc(cc2)OCC=CC[C@@H](COC=O)NC(=O)[C@@H](CCCCN)CC1=O. The van der Waals surface area contributed by atoms with Gasteiger partial charge in [-0.15, -0.1) is 0 Å². The van der Waals surface area contributed by atoms with E-state index in [0.717, 1.165) is 12.0 Å². The number of nitrogens with two attached hydrogens (primary N) is 1. The van der Waals surface area contributed by atoms with Gasteiger partial charge in [0.15, 0.2) is 5.78 Å². The Morgan fingerprint density at radius 2 is 1.97 bits per heavy atom. The Kier molecular flexibility index (Phi) is 11.8. The molecule has 0 saturated carbocycles. The van der Waals surface area contributed by atoms with Crippen LogP contribution in [0.1, 0.15) is 44.6 Å². The third kappa shape index (κ3) is 9.74. The molecular weight excluding hydrogens is 438 g/mol. The first-order chi connectivity index (χ1) is 16.4. The van der Waals surface area contributed by atoms with E-state index in [1.165, 1.54) is 6.92 Å². The zero-order valence-corrected chi connectivity index (χ0v) is 19.7. The Morgan fingerprint density at radius 1 is 1.21 bits per heavy atom. The minimum Gasteiger partial charge on any atom is -0.490 e. The number of Topliss-reactive ketones (excluding diaryl/α,β-unsaturated/α-hetero) is 1. The van der Waals surface area contributed by atoms with Crippen LogP contribution in [0.3, 0.4) is 0 Å². The molecule has 0 fully saturated rings. The molecule has 0 unspecified atom stereocenters. The largest absolute Gasteiger partial charge is 0.490 e. The summed E-state index contributed by atoms with van der Waals surface area (Å²) in [5.41, 5.74) is 6.48. The summed E-state index contributed by atoms with van der Waals surface area (Å²) >= 11 is 0. The summed E-state index contributed by atoms with van der Waals surface area (Å²) in [4.78, 5) is 48.8. The van der Waals surface area contributed by atoms with Crippen molar-refractivity contribution in [2.75, 3.05) is 19.8 Å². The van der Waals surface area contributed by atoms with Crippen LogP contribution < -0.4 is 21.1 Å². The molecule has 9 heteroatoms. The molecule has 1 aromatic rings. The van der Waals surface area contributed by atoms with Crippen molar-refractivity contribution >= 4 is 24.1 Å². The van der Waals surface area contributed by atoms with E-state index in [4.69, 9.17) is 15.2 Å². The summed E-state index contributed by atoms with van der Waals surface area (Å²) in [7, 11) is 0. The third-order valence-electron chi connectivity index (χ3n) is 5.60. The van der Waals surface area contributed by atoms with Crippen LogP contribution in [0.15, 0.2) is 36.4 Å². The Labute approximate surface area is 200 Å². The lowest BCUT2D eigenvalue weighted by atomic mass is 9.90. The van der Waals surface area contributed by atoms with Crippen molar-refractivity contribution in [1.29, 1.82) is 0 Å². The maximum atomic E-state index is 13.2. The fraction of sp³-hybridized carbons (Fsp3) is 0.520. The number of rotatable bonds is 8. The van der Waals surface area contributed by atoms with E-state index in [1.54, 1.807) is 0 Å². The van der Waals surface area contributed by atoms with Crippen LogP contribution >= 0.6 is 0 Å². The van der Waals surface area contributed by atoms with E-state index in [9.17, 15) is 19.2 Å². The van der Waals surface area contributed by atoms with Gasteiger partial charge in [0.25, 0.3) is 6.47 Å². The zero-order valence-electron chi connectivity index (χ0n) is 19.7. The molecular formula is C25H35N3O6. The monoisotopic (exact) mass is 473 g/mol. The second-order valence-electron chi connectivity index (χ2n) is 8.41. The van der Waals surface area contributed by atoms with E-state index in [2.05, 4.69) is 10.6 Å². The van der Waals surface area contributed by atoms with Gasteiger partial charge in [0.2, 0.25) is 11.8 Å². The fourth-order valence-electron chi connectivity index (χ4n) is 3.81. The first-order valence-corrected chi connectivity index (χ1v) is 11.6. The predicted molar refractivity (Wildman–Crippen MR) is 127 cm³/mol. The summed E-state index contributed by atoms with van der Waals surface area (Å²) in [6.45, 7) is 2.55. The highest BCUT2D eigenvalue weighted by molar-refractivity contribution is 5.92. The number of hydrogen-bond donors (Lipinski definition) is 3. The molecule has 34 heavy (non-hydrogen) atoms. The van der Waals surface area contributed by atoms with Gasteiger partial charge in [-0.3, -0.25) is 19.2 Å². The lowest BCUT2D eigenvalue weighted by Gasteiger charge is -2.23. The number of carbonyl (C=O) groups is 4. The summed E-state index contributed by atoms with van der Waals surface area (Å²) in [6, 6.07) is 6.16. The number of carbonyl (C=O) groups excluding carboxylic acids is 4. The van der Waals surface area contributed by atoms with Crippen LogP contribution in [0.2, 0.25) is 0 Å². The Bertz CT molecular complexity index is 840. The first-order valence-electron chi connectivity index (χ1n) is 11.6. The molecule has 2 amide bonds. The van der Waals surface area contributed by atoms with Crippen LogP contribution in [0.4, 0.5) is 0 Å². The number of hydrogen-bond acceptors (Lipinski definition) is 7. The fourth-order valence-corrected chi connectivity index (χ4v) is 3.81. The summed E-state index contributed by atoms with van der Waals surface area (Å²) in [6.07, 6.45) is 6.33. The minimum absolute atomic E-state index is 0.0135. The number of ketones is 1. The number of fused-ring (bicyclic) bond motifs is 13. The van der Waals surface area contributed by atoms with Crippen molar-refractivity contribution in [2.45, 2.75) is 57.5 Å². The molecule has 186 valence electrons. The molecule has 2 aliphatic rings. The van der Waals surface area contributed by atoms with E-state index < -0.39 is 18.0 Å². The molecule has 0 aromatic heterocycles. The topological polar surface area (TPSA) is 137 Å². The van der Waals surface area contributed by atoms with Gasteiger partial charge in [0.05, 0.1) is 12.1 Å². The van der Waals surface area contributed by atoms with E-state index in [-0.39, 0.29) is 30.6 Å². The molecule has 3 rings (SSSR count). The molecule has 2 bridgehead atoms. The Hall–Kier alpha value is -3.20. The van der Waals surface area contributed by atoms with Crippen LogP contribution in [-0.2, 0) is 30.3 Å². The summed E-state index contributed by atoms with van der Waals surface area (Å²) in [5, 5.41) is 5.64. The molecule has 0 radical (unpaired) electrons. The maximum Gasteiger partial charge on any atom is 0.293 e. The second kappa shape index (κ2) is 14.8. The molecule has 2 aliphatic heterocycles. The van der Waals surface area contributed by atoms with Crippen LogP contribution in [0.5, 0.6) is 5.75 Å². The molecule has 3 atom stereocenters. The predicted octanol–water partition coefficient (Wildman–Crippen LogP) is 1.43. The molecule has 1 aromatic carbocycles. The van der Waals surface area contributed by atoms with Crippen molar-refractivity contribution in [3.63, 3.8) is 0 Å². The van der Waals surface area contributed by atoms with Crippen LogP contribution in [0, 0.1) is 5.92 Å². The van der Waals surface area contributed by atoms with Crippen molar-refractivity contribution in [3.05, 3.63) is 42.0 Å². The molecule has 2 heterocycles. The van der Waals surface area contributed by atoms with Gasteiger partial charge >= 0.3 is 0 Å². The molecule has 0 spiro atoms.